The van der Waals surface area contributed by atoms with E-state index >= 15 is 0 Å². The number of hydrogen-bond acceptors (Lipinski definition) is 3. The summed E-state index contributed by atoms with van der Waals surface area (Å²) in [6.07, 6.45) is -2.88. The van der Waals surface area contributed by atoms with Gasteiger partial charge in [0.2, 0.25) is 0 Å². The van der Waals surface area contributed by atoms with Crippen molar-refractivity contribution in [2.45, 2.75) is 31.7 Å². The van der Waals surface area contributed by atoms with E-state index in [0.717, 1.165) is 25.0 Å². The third kappa shape index (κ3) is 4.10. The molecule has 4 nitrogen and oxygen atoms in total. The molecule has 2 N–H and O–H groups in total. The van der Waals surface area contributed by atoms with Gasteiger partial charge in [-0.2, -0.15) is 0 Å². The van der Waals surface area contributed by atoms with Gasteiger partial charge in [0.05, 0.1) is 12.1 Å². The van der Waals surface area contributed by atoms with Crippen LogP contribution in [0.1, 0.15) is 30.1 Å². The van der Waals surface area contributed by atoms with Crippen molar-refractivity contribution in [3.8, 4) is 5.75 Å². The molecule has 1 aromatic rings. The number of carbonyl (C=O) groups excluding carboxylic acids is 1. The zero-order valence-corrected chi connectivity index (χ0v) is 11.4. The molecule has 2 rings (SSSR count). The van der Waals surface area contributed by atoms with Crippen molar-refractivity contribution in [2.24, 2.45) is 5.92 Å². The van der Waals surface area contributed by atoms with Crippen molar-refractivity contribution in [1.29, 1.82) is 0 Å². The van der Waals surface area contributed by atoms with Crippen LogP contribution < -0.4 is 10.1 Å². The minimum atomic E-state index is -4.76. The third-order valence-electron chi connectivity index (χ3n) is 3.56. The Balaban J connectivity index is 2.03. The van der Waals surface area contributed by atoms with Crippen LogP contribution in [-0.4, -0.2) is 29.5 Å². The lowest BCUT2D eigenvalue weighted by Crippen LogP contribution is -2.50. The number of ether oxygens (including phenoxy) is 1. The molecule has 0 aliphatic heterocycles. The van der Waals surface area contributed by atoms with Crippen LogP contribution in [0.25, 0.3) is 0 Å². The van der Waals surface area contributed by atoms with E-state index in [-0.39, 0.29) is 23.8 Å². The van der Waals surface area contributed by atoms with Crippen molar-refractivity contribution in [3.05, 3.63) is 29.8 Å². The molecule has 1 fully saturated rings. The predicted molar refractivity (Wildman–Crippen MR) is 68.8 cm³/mol. The number of hydrogen-bond donors (Lipinski definition) is 2. The van der Waals surface area contributed by atoms with Gasteiger partial charge in [-0.15, -0.1) is 13.2 Å². The Kier molecular flexibility index (Phi) is 4.13. The molecular formula is C14H16F3NO3. The van der Waals surface area contributed by atoms with E-state index in [1.165, 1.54) is 12.1 Å². The Labute approximate surface area is 119 Å². The van der Waals surface area contributed by atoms with E-state index in [2.05, 4.69) is 10.1 Å². The fraction of sp³-hybridized carbons (Fsp3) is 0.500. The van der Waals surface area contributed by atoms with Crippen LogP contribution in [-0.2, 0) is 0 Å². The van der Waals surface area contributed by atoms with E-state index in [1.54, 1.807) is 6.92 Å². The lowest BCUT2D eigenvalue weighted by molar-refractivity contribution is -0.274. The van der Waals surface area contributed by atoms with E-state index in [4.69, 9.17) is 0 Å². The molecule has 0 saturated heterocycles. The maximum absolute atomic E-state index is 12.1. The van der Waals surface area contributed by atoms with Crippen LogP contribution in [0.15, 0.2) is 24.3 Å². The molecule has 0 spiro atoms. The maximum atomic E-state index is 12.1. The molecule has 1 atom stereocenters. The number of alkyl halides is 3. The zero-order chi connectivity index (χ0) is 15.7. The van der Waals surface area contributed by atoms with Crippen LogP contribution in [0.3, 0.4) is 0 Å². The number of benzene rings is 1. The first-order valence-electron chi connectivity index (χ1n) is 6.53. The summed E-state index contributed by atoms with van der Waals surface area (Å²) in [7, 11) is 0. The molecule has 0 bridgehead atoms. The van der Waals surface area contributed by atoms with Gasteiger partial charge in [-0.25, -0.2) is 0 Å². The lowest BCUT2D eigenvalue weighted by Gasteiger charge is -2.28. The van der Waals surface area contributed by atoms with Crippen LogP contribution in [0.4, 0.5) is 13.2 Å². The first-order valence-corrected chi connectivity index (χ1v) is 6.53. The standard InChI is InChI=1S/C14H16F3NO3/c1-13(8-19,10-4-5-10)18-12(20)9-2-6-11(7-3-9)21-14(15,16)17/h2-3,6-7,10,19H,4-5,8H2,1H3,(H,18,20). The van der Waals surface area contributed by atoms with Crippen molar-refractivity contribution in [2.75, 3.05) is 6.61 Å². The number of nitrogens with one attached hydrogen (secondary N) is 1. The fourth-order valence-corrected chi connectivity index (χ4v) is 2.13. The van der Waals surface area contributed by atoms with E-state index in [1.807, 2.05) is 0 Å². The normalized spacial score (nSPS) is 18.0. The predicted octanol–water partition coefficient (Wildman–Crippen LogP) is 2.48. The first kappa shape index (κ1) is 15.6. The molecule has 0 aromatic heterocycles. The highest BCUT2D eigenvalue weighted by molar-refractivity contribution is 5.94. The number of amides is 1. The molecule has 0 heterocycles. The molecule has 1 aliphatic carbocycles. The summed E-state index contributed by atoms with van der Waals surface area (Å²) in [5.74, 6) is -0.581. The van der Waals surface area contributed by atoms with Gasteiger partial charge >= 0.3 is 6.36 Å². The van der Waals surface area contributed by atoms with Gasteiger partial charge in [-0.3, -0.25) is 4.79 Å². The number of halogens is 3. The second-order valence-electron chi connectivity index (χ2n) is 5.38. The summed E-state index contributed by atoms with van der Waals surface area (Å²) < 4.78 is 39.8. The molecule has 1 saturated carbocycles. The summed E-state index contributed by atoms with van der Waals surface area (Å²) in [6.45, 7) is 1.57. The minimum Gasteiger partial charge on any atom is -0.406 e. The van der Waals surface area contributed by atoms with Gasteiger partial charge < -0.3 is 15.2 Å². The second-order valence-corrected chi connectivity index (χ2v) is 5.38. The monoisotopic (exact) mass is 303 g/mol. The summed E-state index contributed by atoms with van der Waals surface area (Å²) >= 11 is 0. The molecule has 116 valence electrons. The quantitative estimate of drug-likeness (QED) is 0.878. The molecule has 1 aromatic carbocycles. The highest BCUT2D eigenvalue weighted by atomic mass is 19.4. The Morgan fingerprint density at radius 3 is 2.33 bits per heavy atom. The molecule has 1 unspecified atom stereocenters. The van der Waals surface area contributed by atoms with Crippen molar-refractivity contribution in [3.63, 3.8) is 0 Å². The SMILES string of the molecule is CC(CO)(NC(=O)c1ccc(OC(F)(F)F)cc1)C1CC1. The molecule has 1 aliphatic rings. The molecule has 1 amide bonds. The summed E-state index contributed by atoms with van der Waals surface area (Å²) in [5, 5.41) is 12.1. The number of rotatable bonds is 5. The van der Waals surface area contributed by atoms with Crippen molar-refractivity contribution < 1.29 is 27.8 Å². The second kappa shape index (κ2) is 5.55. The van der Waals surface area contributed by atoms with Crippen LogP contribution in [0.5, 0.6) is 5.75 Å². The van der Waals surface area contributed by atoms with Crippen LogP contribution in [0, 0.1) is 5.92 Å². The summed E-state index contributed by atoms with van der Waals surface area (Å²) in [6, 6.07) is 4.66. The zero-order valence-electron chi connectivity index (χ0n) is 11.4. The fourth-order valence-electron chi connectivity index (χ4n) is 2.13. The average molecular weight is 303 g/mol. The Morgan fingerprint density at radius 1 is 1.33 bits per heavy atom. The van der Waals surface area contributed by atoms with Gasteiger partial charge in [0.1, 0.15) is 5.75 Å². The Morgan fingerprint density at radius 2 is 1.90 bits per heavy atom. The number of aliphatic hydroxyl groups is 1. The van der Waals surface area contributed by atoms with Crippen molar-refractivity contribution >= 4 is 5.91 Å². The topological polar surface area (TPSA) is 58.6 Å². The maximum Gasteiger partial charge on any atom is 0.573 e. The number of carbonyl (C=O) groups is 1. The lowest BCUT2D eigenvalue weighted by atomic mass is 9.96. The first-order chi connectivity index (χ1) is 9.73. The third-order valence-corrected chi connectivity index (χ3v) is 3.56. The summed E-state index contributed by atoms with van der Waals surface area (Å²) in [5.41, 5.74) is -0.483. The minimum absolute atomic E-state index is 0.182. The van der Waals surface area contributed by atoms with Gasteiger partial charge in [0.15, 0.2) is 0 Å². The molecule has 0 radical (unpaired) electrons. The highest BCUT2D eigenvalue weighted by Crippen LogP contribution is 2.39. The average Bonchev–Trinajstić information content (AvgIpc) is 3.22. The summed E-state index contributed by atoms with van der Waals surface area (Å²) in [4.78, 5) is 12.1. The Hall–Kier alpha value is -1.76. The Bertz CT molecular complexity index is 511. The van der Waals surface area contributed by atoms with Crippen LogP contribution in [0.2, 0.25) is 0 Å². The smallest absolute Gasteiger partial charge is 0.406 e. The molecule has 21 heavy (non-hydrogen) atoms. The molecular weight excluding hydrogens is 287 g/mol. The van der Waals surface area contributed by atoms with E-state index in [9.17, 15) is 23.1 Å². The van der Waals surface area contributed by atoms with E-state index < -0.39 is 17.8 Å². The van der Waals surface area contributed by atoms with E-state index in [0.29, 0.717) is 0 Å². The number of aliphatic hydroxyl groups excluding tert-OH is 1. The highest BCUT2D eigenvalue weighted by Gasteiger charge is 2.42. The van der Waals surface area contributed by atoms with Gasteiger partial charge in [-0.1, -0.05) is 0 Å². The van der Waals surface area contributed by atoms with Gasteiger partial charge in [0, 0.05) is 5.56 Å². The largest absolute Gasteiger partial charge is 0.573 e. The van der Waals surface area contributed by atoms with Crippen LogP contribution >= 0.6 is 0 Å². The van der Waals surface area contributed by atoms with Crippen molar-refractivity contribution in [1.82, 2.24) is 5.32 Å². The van der Waals surface area contributed by atoms with Gasteiger partial charge in [0.25, 0.3) is 5.91 Å². The molecule has 7 heteroatoms. The van der Waals surface area contributed by atoms with Gasteiger partial charge in [-0.05, 0) is 49.9 Å².